The summed E-state index contributed by atoms with van der Waals surface area (Å²) in [6.45, 7) is 6.25. The summed E-state index contributed by atoms with van der Waals surface area (Å²) in [5.41, 5.74) is 1.17. The fourth-order valence-corrected chi connectivity index (χ4v) is 4.55. The van der Waals surface area contributed by atoms with Crippen molar-refractivity contribution in [2.75, 3.05) is 19.6 Å². The fourth-order valence-electron chi connectivity index (χ4n) is 3.55. The van der Waals surface area contributed by atoms with E-state index in [0.717, 1.165) is 12.3 Å². The second-order valence-corrected chi connectivity index (χ2v) is 7.72. The van der Waals surface area contributed by atoms with E-state index in [4.69, 9.17) is 4.98 Å². The van der Waals surface area contributed by atoms with Crippen molar-refractivity contribution in [2.24, 2.45) is 5.92 Å². The quantitative estimate of drug-likeness (QED) is 0.658. The lowest BCUT2D eigenvalue weighted by Crippen LogP contribution is -2.34. The highest BCUT2D eigenvalue weighted by molar-refractivity contribution is 7.18. The fraction of sp³-hybridized carbons (Fsp3) is 0.632. The molecule has 0 saturated carbocycles. The Morgan fingerprint density at radius 1 is 1.18 bits per heavy atom. The van der Waals surface area contributed by atoms with E-state index in [1.54, 1.807) is 0 Å². The van der Waals surface area contributed by atoms with E-state index in [2.05, 4.69) is 36.1 Å². The molecule has 0 N–H and O–H groups in total. The van der Waals surface area contributed by atoms with Crippen LogP contribution in [0.1, 0.15) is 50.5 Å². The number of para-hydroxylation sites is 1. The molecule has 1 aromatic carbocycles. The number of hydrogen-bond donors (Lipinski definition) is 0. The smallest absolute Gasteiger partial charge is 0.0938 e. The molecule has 3 rings (SSSR count). The molecule has 2 nitrogen and oxygen atoms in total. The average molecular weight is 317 g/mol. The third-order valence-corrected chi connectivity index (χ3v) is 5.95. The predicted octanol–water partition coefficient (Wildman–Crippen LogP) is 5.13. The van der Waals surface area contributed by atoms with Gasteiger partial charge in [-0.15, -0.1) is 11.3 Å². The highest BCUT2D eigenvalue weighted by Gasteiger charge is 2.17. The first-order valence-electron chi connectivity index (χ1n) is 8.92. The summed E-state index contributed by atoms with van der Waals surface area (Å²) in [7, 11) is 0. The van der Waals surface area contributed by atoms with Crippen molar-refractivity contribution in [3.8, 4) is 0 Å². The van der Waals surface area contributed by atoms with E-state index in [1.165, 1.54) is 73.4 Å². The van der Waals surface area contributed by atoms with Crippen LogP contribution in [0.3, 0.4) is 0 Å². The maximum atomic E-state index is 4.73. The lowest BCUT2D eigenvalue weighted by atomic mass is 9.92. The van der Waals surface area contributed by atoms with Crippen LogP contribution >= 0.6 is 11.3 Å². The Morgan fingerprint density at radius 3 is 2.77 bits per heavy atom. The Labute approximate surface area is 138 Å². The first-order chi connectivity index (χ1) is 10.8. The molecule has 0 amide bonds. The molecule has 2 aromatic rings. The van der Waals surface area contributed by atoms with Crippen LogP contribution in [-0.2, 0) is 6.42 Å². The van der Waals surface area contributed by atoms with Crippen LogP contribution in [0.4, 0.5) is 0 Å². The standard InChI is InChI=1S/C19H28N2S/c1-2-7-16-11-14-21(15-12-16)13-6-5-10-19-20-17-8-3-4-9-18(17)22-19/h3-4,8-9,16H,2,5-7,10-15H2,1H3. The number of thiazole rings is 1. The van der Waals surface area contributed by atoms with Gasteiger partial charge in [0.05, 0.1) is 15.2 Å². The molecule has 1 aliphatic heterocycles. The zero-order chi connectivity index (χ0) is 15.2. The molecule has 1 saturated heterocycles. The van der Waals surface area contributed by atoms with E-state index < -0.39 is 0 Å². The second kappa shape index (κ2) is 8.07. The molecule has 0 aliphatic carbocycles. The average Bonchev–Trinajstić information content (AvgIpc) is 2.96. The van der Waals surface area contributed by atoms with Gasteiger partial charge < -0.3 is 4.90 Å². The van der Waals surface area contributed by atoms with E-state index >= 15 is 0 Å². The number of piperidine rings is 1. The Kier molecular flexibility index (Phi) is 5.85. The largest absolute Gasteiger partial charge is 0.303 e. The third-order valence-electron chi connectivity index (χ3n) is 4.86. The van der Waals surface area contributed by atoms with Crippen molar-refractivity contribution in [1.82, 2.24) is 9.88 Å². The van der Waals surface area contributed by atoms with Gasteiger partial charge in [-0.1, -0.05) is 31.9 Å². The molecule has 3 heteroatoms. The summed E-state index contributed by atoms with van der Waals surface area (Å²) >= 11 is 1.86. The van der Waals surface area contributed by atoms with Gasteiger partial charge in [0.1, 0.15) is 0 Å². The van der Waals surface area contributed by atoms with Crippen LogP contribution in [0.5, 0.6) is 0 Å². The molecule has 0 bridgehead atoms. The third kappa shape index (κ3) is 4.30. The van der Waals surface area contributed by atoms with Crippen molar-refractivity contribution >= 4 is 21.6 Å². The molecule has 1 aliphatic rings. The zero-order valence-electron chi connectivity index (χ0n) is 13.8. The molecule has 0 atom stereocenters. The van der Waals surface area contributed by atoms with Crippen LogP contribution in [0, 0.1) is 5.92 Å². The number of rotatable bonds is 7. The van der Waals surface area contributed by atoms with Crippen molar-refractivity contribution < 1.29 is 0 Å². The highest BCUT2D eigenvalue weighted by Crippen LogP contribution is 2.24. The van der Waals surface area contributed by atoms with Gasteiger partial charge >= 0.3 is 0 Å². The molecule has 1 fully saturated rings. The molecule has 1 aromatic heterocycles. The maximum absolute atomic E-state index is 4.73. The van der Waals surface area contributed by atoms with Crippen LogP contribution in [0.25, 0.3) is 10.2 Å². The van der Waals surface area contributed by atoms with Gasteiger partial charge in [-0.2, -0.15) is 0 Å². The van der Waals surface area contributed by atoms with Gasteiger partial charge in [-0.05, 0) is 69.8 Å². The Bertz CT molecular complexity index is 537. The molecule has 22 heavy (non-hydrogen) atoms. The van der Waals surface area contributed by atoms with Crippen LogP contribution < -0.4 is 0 Å². The number of nitrogens with zero attached hydrogens (tertiary/aromatic N) is 2. The Balaban J connectivity index is 1.35. The van der Waals surface area contributed by atoms with Crippen molar-refractivity contribution in [3.05, 3.63) is 29.3 Å². The minimum absolute atomic E-state index is 1.00. The SMILES string of the molecule is CCCC1CCN(CCCCc2nc3ccccc3s2)CC1. The lowest BCUT2D eigenvalue weighted by molar-refractivity contribution is 0.176. The normalized spacial score (nSPS) is 17.3. The number of benzene rings is 1. The number of unbranched alkanes of at least 4 members (excludes halogenated alkanes) is 1. The molecule has 0 spiro atoms. The number of fused-ring (bicyclic) bond motifs is 1. The molecule has 0 unspecified atom stereocenters. The summed E-state index contributed by atoms with van der Waals surface area (Å²) < 4.78 is 1.33. The lowest BCUT2D eigenvalue weighted by Gasteiger charge is -2.31. The Morgan fingerprint density at radius 2 is 2.00 bits per heavy atom. The van der Waals surface area contributed by atoms with Gasteiger partial charge in [0, 0.05) is 0 Å². The molecular formula is C19H28N2S. The van der Waals surface area contributed by atoms with Crippen LogP contribution in [-0.4, -0.2) is 29.5 Å². The van der Waals surface area contributed by atoms with Gasteiger partial charge in [0.2, 0.25) is 0 Å². The van der Waals surface area contributed by atoms with Gasteiger partial charge in [-0.3, -0.25) is 0 Å². The molecule has 2 heterocycles. The minimum Gasteiger partial charge on any atom is -0.303 e. The maximum Gasteiger partial charge on any atom is 0.0938 e. The molecule has 0 radical (unpaired) electrons. The first-order valence-corrected chi connectivity index (χ1v) is 9.73. The van der Waals surface area contributed by atoms with Crippen molar-refractivity contribution in [1.29, 1.82) is 0 Å². The molecule has 120 valence electrons. The monoisotopic (exact) mass is 316 g/mol. The topological polar surface area (TPSA) is 16.1 Å². The zero-order valence-corrected chi connectivity index (χ0v) is 14.6. The molecular weight excluding hydrogens is 288 g/mol. The van der Waals surface area contributed by atoms with Gasteiger partial charge in [0.25, 0.3) is 0 Å². The summed E-state index contributed by atoms with van der Waals surface area (Å²) in [6, 6.07) is 8.48. The number of aromatic nitrogens is 1. The summed E-state index contributed by atoms with van der Waals surface area (Å²) in [4.78, 5) is 7.40. The van der Waals surface area contributed by atoms with Crippen molar-refractivity contribution in [2.45, 2.75) is 51.9 Å². The van der Waals surface area contributed by atoms with Crippen LogP contribution in [0.15, 0.2) is 24.3 Å². The summed E-state index contributed by atoms with van der Waals surface area (Å²) in [5, 5.41) is 1.31. The van der Waals surface area contributed by atoms with E-state index in [1.807, 2.05) is 11.3 Å². The predicted molar refractivity (Wildman–Crippen MR) is 96.6 cm³/mol. The van der Waals surface area contributed by atoms with E-state index in [0.29, 0.717) is 0 Å². The van der Waals surface area contributed by atoms with Crippen molar-refractivity contribution in [3.63, 3.8) is 0 Å². The van der Waals surface area contributed by atoms with Crippen LogP contribution in [0.2, 0.25) is 0 Å². The van der Waals surface area contributed by atoms with E-state index in [-0.39, 0.29) is 0 Å². The van der Waals surface area contributed by atoms with E-state index in [9.17, 15) is 0 Å². The second-order valence-electron chi connectivity index (χ2n) is 6.61. The number of hydrogen-bond acceptors (Lipinski definition) is 3. The number of aryl methyl sites for hydroxylation is 1. The van der Waals surface area contributed by atoms with Gasteiger partial charge in [0.15, 0.2) is 0 Å². The van der Waals surface area contributed by atoms with Gasteiger partial charge in [-0.25, -0.2) is 4.98 Å². The Hall–Kier alpha value is -0.930. The minimum atomic E-state index is 1.00. The number of likely N-dealkylation sites (tertiary alicyclic amines) is 1. The first kappa shape index (κ1) is 15.9. The summed E-state index contributed by atoms with van der Waals surface area (Å²) in [6.07, 6.45) is 9.37. The highest BCUT2D eigenvalue weighted by atomic mass is 32.1. The summed E-state index contributed by atoms with van der Waals surface area (Å²) in [5.74, 6) is 1.00.